The van der Waals surface area contributed by atoms with E-state index in [0.717, 1.165) is 22.3 Å². The molecule has 29 heavy (non-hydrogen) atoms. The van der Waals surface area contributed by atoms with Crippen molar-refractivity contribution in [2.45, 2.75) is 31.1 Å². The largest absolute Gasteiger partial charge is 0.480 e. The molecule has 3 rings (SSSR count). The normalized spacial score (nSPS) is 13.6. The van der Waals surface area contributed by atoms with Gasteiger partial charge in [-0.3, -0.25) is 0 Å². The first-order chi connectivity index (χ1) is 14.0. The third-order valence-electron chi connectivity index (χ3n) is 5.15. The Morgan fingerprint density at radius 3 is 2.03 bits per heavy atom. The van der Waals surface area contributed by atoms with E-state index in [2.05, 4.69) is 17.4 Å². The summed E-state index contributed by atoms with van der Waals surface area (Å²) in [7, 11) is 2.95. The minimum absolute atomic E-state index is 0.0807. The van der Waals surface area contributed by atoms with Crippen molar-refractivity contribution >= 4 is 12.1 Å². The third kappa shape index (κ3) is 4.75. The molecule has 0 aliphatic heterocycles. The molecular formula is C22H25NO6. The SMILES string of the molecule is COC(CC[C@H](NC(=O)OCC1c2ccccc2-c2ccccc21)C(=O)O)OC. The fraction of sp³-hybridized carbons (Fsp3) is 0.364. The number of hydrogen-bond donors (Lipinski definition) is 2. The van der Waals surface area contributed by atoms with Crippen LogP contribution in [-0.2, 0) is 19.0 Å². The number of aliphatic carboxylic acids is 1. The van der Waals surface area contributed by atoms with Crippen LogP contribution in [0.2, 0.25) is 0 Å². The van der Waals surface area contributed by atoms with E-state index >= 15 is 0 Å². The predicted molar refractivity (Wildman–Crippen MR) is 107 cm³/mol. The van der Waals surface area contributed by atoms with E-state index in [1.165, 1.54) is 14.2 Å². The molecule has 0 fully saturated rings. The molecule has 0 unspecified atom stereocenters. The van der Waals surface area contributed by atoms with Crippen LogP contribution >= 0.6 is 0 Å². The molecule has 0 saturated heterocycles. The van der Waals surface area contributed by atoms with E-state index in [1.807, 2.05) is 36.4 Å². The van der Waals surface area contributed by atoms with Crippen LogP contribution < -0.4 is 5.32 Å². The van der Waals surface area contributed by atoms with Crippen molar-refractivity contribution in [3.8, 4) is 11.1 Å². The first-order valence-corrected chi connectivity index (χ1v) is 9.45. The highest BCUT2D eigenvalue weighted by atomic mass is 16.7. The number of fused-ring (bicyclic) bond motifs is 3. The second-order valence-electron chi connectivity index (χ2n) is 6.84. The molecule has 0 bridgehead atoms. The number of benzene rings is 2. The molecule has 1 amide bonds. The zero-order valence-electron chi connectivity index (χ0n) is 16.5. The van der Waals surface area contributed by atoms with Gasteiger partial charge >= 0.3 is 12.1 Å². The van der Waals surface area contributed by atoms with Crippen LogP contribution in [0.1, 0.15) is 29.9 Å². The van der Waals surface area contributed by atoms with Crippen molar-refractivity contribution in [2.24, 2.45) is 0 Å². The van der Waals surface area contributed by atoms with E-state index < -0.39 is 24.4 Å². The van der Waals surface area contributed by atoms with E-state index in [-0.39, 0.29) is 18.9 Å². The summed E-state index contributed by atoms with van der Waals surface area (Å²) in [5, 5.41) is 11.8. The summed E-state index contributed by atoms with van der Waals surface area (Å²) in [6, 6.07) is 15.0. The molecule has 0 spiro atoms. The van der Waals surface area contributed by atoms with Gasteiger partial charge in [0.2, 0.25) is 0 Å². The molecule has 154 valence electrons. The van der Waals surface area contributed by atoms with Gasteiger partial charge in [0.15, 0.2) is 6.29 Å². The lowest BCUT2D eigenvalue weighted by molar-refractivity contribution is -0.141. The molecule has 7 heteroatoms. The van der Waals surface area contributed by atoms with Crippen LogP contribution in [0.4, 0.5) is 4.79 Å². The lowest BCUT2D eigenvalue weighted by Crippen LogP contribution is -2.42. The average Bonchev–Trinajstić information content (AvgIpc) is 3.06. The van der Waals surface area contributed by atoms with Gasteiger partial charge in [-0.25, -0.2) is 9.59 Å². The van der Waals surface area contributed by atoms with Crippen molar-refractivity contribution in [3.05, 3.63) is 59.7 Å². The smallest absolute Gasteiger partial charge is 0.407 e. The van der Waals surface area contributed by atoms with Crippen LogP contribution in [-0.4, -0.2) is 50.3 Å². The quantitative estimate of drug-likeness (QED) is 0.628. The number of amides is 1. The van der Waals surface area contributed by atoms with Crippen molar-refractivity contribution in [1.82, 2.24) is 5.32 Å². The van der Waals surface area contributed by atoms with Crippen LogP contribution in [0, 0.1) is 0 Å². The second kappa shape index (κ2) is 9.54. The topological polar surface area (TPSA) is 94.1 Å². The number of rotatable bonds is 9. The van der Waals surface area contributed by atoms with Gasteiger partial charge in [0.1, 0.15) is 12.6 Å². The lowest BCUT2D eigenvalue weighted by Gasteiger charge is -2.19. The summed E-state index contributed by atoms with van der Waals surface area (Å²) in [5.41, 5.74) is 4.45. The number of alkyl carbamates (subject to hydrolysis) is 1. The Kier molecular flexibility index (Phi) is 6.85. The Morgan fingerprint density at radius 1 is 0.966 bits per heavy atom. The molecule has 2 aromatic carbocycles. The lowest BCUT2D eigenvalue weighted by atomic mass is 9.98. The maximum absolute atomic E-state index is 12.3. The van der Waals surface area contributed by atoms with Gasteiger partial charge in [0, 0.05) is 26.6 Å². The van der Waals surface area contributed by atoms with Gasteiger partial charge < -0.3 is 24.6 Å². The molecule has 0 saturated carbocycles. The Balaban J connectivity index is 1.62. The third-order valence-corrected chi connectivity index (χ3v) is 5.15. The monoisotopic (exact) mass is 399 g/mol. The van der Waals surface area contributed by atoms with Crippen molar-refractivity contribution < 1.29 is 28.9 Å². The number of hydrogen-bond acceptors (Lipinski definition) is 5. The number of carbonyl (C=O) groups is 2. The number of methoxy groups -OCH3 is 2. The molecule has 0 radical (unpaired) electrons. The molecule has 0 heterocycles. The Morgan fingerprint density at radius 2 is 1.52 bits per heavy atom. The maximum atomic E-state index is 12.3. The highest BCUT2D eigenvalue weighted by molar-refractivity contribution is 5.81. The molecule has 7 nitrogen and oxygen atoms in total. The summed E-state index contributed by atoms with van der Waals surface area (Å²) in [6.45, 7) is 0.130. The van der Waals surface area contributed by atoms with E-state index in [9.17, 15) is 14.7 Å². The fourth-order valence-corrected chi connectivity index (χ4v) is 3.67. The first-order valence-electron chi connectivity index (χ1n) is 9.45. The van der Waals surface area contributed by atoms with Crippen molar-refractivity contribution in [2.75, 3.05) is 20.8 Å². The molecule has 1 aliphatic rings. The summed E-state index contributed by atoms with van der Waals surface area (Å²) in [5.74, 6) is -1.22. The number of ether oxygens (including phenoxy) is 3. The number of carboxylic acids is 1. The molecule has 0 aromatic heterocycles. The van der Waals surface area contributed by atoms with Crippen molar-refractivity contribution in [1.29, 1.82) is 0 Å². The highest BCUT2D eigenvalue weighted by Gasteiger charge is 2.29. The van der Waals surface area contributed by atoms with Gasteiger partial charge in [-0.15, -0.1) is 0 Å². The Labute approximate surface area is 169 Å². The van der Waals surface area contributed by atoms with E-state index in [0.29, 0.717) is 6.42 Å². The Bertz CT molecular complexity index is 818. The van der Waals surface area contributed by atoms with Crippen LogP contribution in [0.25, 0.3) is 11.1 Å². The van der Waals surface area contributed by atoms with Crippen LogP contribution in [0.3, 0.4) is 0 Å². The number of carbonyl (C=O) groups excluding carboxylic acids is 1. The maximum Gasteiger partial charge on any atom is 0.407 e. The summed E-state index contributed by atoms with van der Waals surface area (Å²) in [6.07, 6.45) is -0.800. The summed E-state index contributed by atoms with van der Waals surface area (Å²) in [4.78, 5) is 23.7. The number of nitrogens with one attached hydrogen (secondary N) is 1. The second-order valence-corrected chi connectivity index (χ2v) is 6.84. The summed E-state index contributed by atoms with van der Waals surface area (Å²) < 4.78 is 15.5. The molecule has 1 atom stereocenters. The van der Waals surface area contributed by atoms with Gasteiger partial charge in [-0.1, -0.05) is 48.5 Å². The van der Waals surface area contributed by atoms with Gasteiger partial charge in [-0.2, -0.15) is 0 Å². The average molecular weight is 399 g/mol. The number of carboxylic acid groups (broad SMARTS) is 1. The first kappa shape index (κ1) is 20.8. The summed E-state index contributed by atoms with van der Waals surface area (Å²) >= 11 is 0. The minimum atomic E-state index is -1.13. The zero-order chi connectivity index (χ0) is 20.8. The van der Waals surface area contributed by atoms with Gasteiger partial charge in [0.25, 0.3) is 0 Å². The predicted octanol–water partition coefficient (Wildman–Crippen LogP) is 3.38. The van der Waals surface area contributed by atoms with Crippen LogP contribution in [0.5, 0.6) is 0 Å². The highest BCUT2D eigenvalue weighted by Crippen LogP contribution is 2.44. The minimum Gasteiger partial charge on any atom is -0.480 e. The van der Waals surface area contributed by atoms with Gasteiger partial charge in [-0.05, 0) is 28.7 Å². The van der Waals surface area contributed by atoms with Gasteiger partial charge in [0.05, 0.1) is 0 Å². The molecule has 2 aromatic rings. The standard InChI is InChI=1S/C22H25NO6/c1-27-20(28-2)12-11-19(21(24)25)23-22(26)29-13-18-16-9-5-3-7-14(16)15-8-4-6-10-17(15)18/h3-10,18-20H,11-13H2,1-2H3,(H,23,26)(H,24,25)/t19-/m0/s1. The Hall–Kier alpha value is -2.90. The van der Waals surface area contributed by atoms with Crippen LogP contribution in [0.15, 0.2) is 48.5 Å². The molecular weight excluding hydrogens is 374 g/mol. The fourth-order valence-electron chi connectivity index (χ4n) is 3.67. The molecule has 2 N–H and O–H groups in total. The van der Waals surface area contributed by atoms with E-state index in [1.54, 1.807) is 0 Å². The van der Waals surface area contributed by atoms with Crippen molar-refractivity contribution in [3.63, 3.8) is 0 Å². The molecule has 1 aliphatic carbocycles. The van der Waals surface area contributed by atoms with E-state index in [4.69, 9.17) is 14.2 Å². The zero-order valence-corrected chi connectivity index (χ0v) is 16.5.